The van der Waals surface area contributed by atoms with Gasteiger partial charge in [0.25, 0.3) is 5.91 Å². The molecule has 0 aliphatic carbocycles. The van der Waals surface area contributed by atoms with Crippen LogP contribution in [0, 0.1) is 5.92 Å². The molecule has 1 amide bonds. The molecule has 3 nitrogen and oxygen atoms in total. The van der Waals surface area contributed by atoms with E-state index in [1.54, 1.807) is 0 Å². The molecule has 0 fully saturated rings. The van der Waals surface area contributed by atoms with Crippen molar-refractivity contribution in [3.63, 3.8) is 0 Å². The largest absolute Gasteiger partial charge is 0.484 e. The number of rotatable bonds is 5. The highest BCUT2D eigenvalue weighted by Gasteiger charge is 2.03. The van der Waals surface area contributed by atoms with Crippen LogP contribution >= 0.6 is 15.9 Å². The van der Waals surface area contributed by atoms with Gasteiger partial charge in [-0.2, -0.15) is 0 Å². The summed E-state index contributed by atoms with van der Waals surface area (Å²) in [4.78, 5) is 11.4. The summed E-state index contributed by atoms with van der Waals surface area (Å²) < 4.78 is 6.28. The van der Waals surface area contributed by atoms with Crippen LogP contribution in [-0.4, -0.2) is 19.1 Å². The summed E-state index contributed by atoms with van der Waals surface area (Å²) in [5.74, 6) is 1.05. The zero-order valence-electron chi connectivity index (χ0n) is 9.50. The van der Waals surface area contributed by atoms with Crippen LogP contribution in [0.5, 0.6) is 5.75 Å². The molecule has 1 aromatic rings. The van der Waals surface area contributed by atoms with Crippen LogP contribution in [0.3, 0.4) is 0 Å². The first-order valence-corrected chi connectivity index (χ1v) is 6.02. The van der Waals surface area contributed by atoms with Gasteiger partial charge in [0, 0.05) is 11.0 Å². The van der Waals surface area contributed by atoms with E-state index in [1.165, 1.54) is 0 Å². The van der Waals surface area contributed by atoms with Crippen LogP contribution in [0.2, 0.25) is 0 Å². The fourth-order valence-corrected chi connectivity index (χ4v) is 1.45. The Balaban J connectivity index is 2.31. The lowest BCUT2D eigenvalue weighted by molar-refractivity contribution is -0.123. The number of benzene rings is 1. The predicted octanol–water partition coefficient (Wildman–Crippen LogP) is 2.60. The van der Waals surface area contributed by atoms with Crippen LogP contribution in [0.1, 0.15) is 13.8 Å². The van der Waals surface area contributed by atoms with Gasteiger partial charge in [0.05, 0.1) is 0 Å². The van der Waals surface area contributed by atoms with Crippen molar-refractivity contribution in [3.8, 4) is 5.75 Å². The molecule has 0 unspecified atom stereocenters. The molecule has 0 aromatic heterocycles. The molecule has 88 valence electrons. The molecule has 16 heavy (non-hydrogen) atoms. The van der Waals surface area contributed by atoms with Crippen LogP contribution in [-0.2, 0) is 4.79 Å². The molecule has 0 atom stereocenters. The summed E-state index contributed by atoms with van der Waals surface area (Å²) in [5.41, 5.74) is 0. The third-order valence-electron chi connectivity index (χ3n) is 1.87. The molecule has 0 bridgehead atoms. The second-order valence-electron chi connectivity index (χ2n) is 3.94. The van der Waals surface area contributed by atoms with Gasteiger partial charge >= 0.3 is 0 Å². The van der Waals surface area contributed by atoms with Crippen molar-refractivity contribution in [1.29, 1.82) is 0 Å². The van der Waals surface area contributed by atoms with Gasteiger partial charge in [-0.3, -0.25) is 4.79 Å². The van der Waals surface area contributed by atoms with Gasteiger partial charge in [-0.05, 0) is 24.1 Å². The van der Waals surface area contributed by atoms with Gasteiger partial charge in [-0.25, -0.2) is 0 Å². The minimum atomic E-state index is -0.0892. The average Bonchev–Trinajstić information content (AvgIpc) is 2.23. The van der Waals surface area contributed by atoms with E-state index in [-0.39, 0.29) is 12.5 Å². The highest BCUT2D eigenvalue weighted by atomic mass is 79.9. The molecule has 0 saturated carbocycles. The van der Waals surface area contributed by atoms with E-state index in [2.05, 4.69) is 35.1 Å². The molecular formula is C12H16BrNO2. The van der Waals surface area contributed by atoms with Gasteiger partial charge in [0.1, 0.15) is 5.75 Å². The quantitative estimate of drug-likeness (QED) is 0.903. The fourth-order valence-electron chi connectivity index (χ4n) is 1.07. The van der Waals surface area contributed by atoms with Crippen molar-refractivity contribution >= 4 is 21.8 Å². The number of hydrogen-bond donors (Lipinski definition) is 1. The molecule has 0 saturated heterocycles. The van der Waals surface area contributed by atoms with Gasteiger partial charge in [0.2, 0.25) is 0 Å². The molecule has 0 aliphatic rings. The standard InChI is InChI=1S/C12H16BrNO2/c1-9(2)7-14-12(15)8-16-11-5-3-4-10(13)6-11/h3-6,9H,7-8H2,1-2H3,(H,14,15). The molecule has 1 N–H and O–H groups in total. The number of carbonyl (C=O) groups is 1. The smallest absolute Gasteiger partial charge is 0.257 e. The molecular weight excluding hydrogens is 270 g/mol. The number of nitrogens with one attached hydrogen (secondary N) is 1. The Morgan fingerprint density at radius 3 is 2.88 bits per heavy atom. The number of amides is 1. The van der Waals surface area contributed by atoms with Crippen molar-refractivity contribution in [1.82, 2.24) is 5.32 Å². The molecule has 0 aliphatic heterocycles. The van der Waals surface area contributed by atoms with E-state index in [1.807, 2.05) is 24.3 Å². The summed E-state index contributed by atoms with van der Waals surface area (Å²) in [7, 11) is 0. The lowest BCUT2D eigenvalue weighted by Crippen LogP contribution is -2.31. The molecule has 1 rings (SSSR count). The first-order valence-electron chi connectivity index (χ1n) is 5.23. The van der Waals surface area contributed by atoms with E-state index in [4.69, 9.17) is 4.74 Å². The third-order valence-corrected chi connectivity index (χ3v) is 2.37. The number of ether oxygens (including phenoxy) is 1. The van der Waals surface area contributed by atoms with Crippen molar-refractivity contribution in [2.75, 3.05) is 13.2 Å². The van der Waals surface area contributed by atoms with Gasteiger partial charge in [0.15, 0.2) is 6.61 Å². The molecule has 4 heteroatoms. The van der Waals surface area contributed by atoms with Crippen LogP contribution in [0.4, 0.5) is 0 Å². The van der Waals surface area contributed by atoms with Gasteiger partial charge < -0.3 is 10.1 Å². The minimum absolute atomic E-state index is 0.0587. The first kappa shape index (κ1) is 13.0. The Morgan fingerprint density at radius 2 is 2.25 bits per heavy atom. The van der Waals surface area contributed by atoms with Gasteiger partial charge in [-0.15, -0.1) is 0 Å². The van der Waals surface area contributed by atoms with Crippen molar-refractivity contribution in [2.45, 2.75) is 13.8 Å². The fraction of sp³-hybridized carbons (Fsp3) is 0.417. The maximum Gasteiger partial charge on any atom is 0.257 e. The summed E-state index contributed by atoms with van der Waals surface area (Å²) in [6, 6.07) is 7.42. The molecule has 0 radical (unpaired) electrons. The van der Waals surface area contributed by atoms with Crippen LogP contribution < -0.4 is 10.1 Å². The predicted molar refractivity (Wildman–Crippen MR) is 67.5 cm³/mol. The van der Waals surface area contributed by atoms with Gasteiger partial charge in [-0.1, -0.05) is 35.8 Å². The zero-order chi connectivity index (χ0) is 12.0. The summed E-state index contributed by atoms with van der Waals surface area (Å²) in [6.07, 6.45) is 0. The summed E-state index contributed by atoms with van der Waals surface area (Å²) in [5, 5.41) is 2.79. The Bertz CT molecular complexity index is 353. The van der Waals surface area contributed by atoms with Crippen LogP contribution in [0.15, 0.2) is 28.7 Å². The van der Waals surface area contributed by atoms with Crippen LogP contribution in [0.25, 0.3) is 0 Å². The van der Waals surface area contributed by atoms with Crippen molar-refractivity contribution in [2.24, 2.45) is 5.92 Å². The second-order valence-corrected chi connectivity index (χ2v) is 4.86. The van der Waals surface area contributed by atoms with E-state index < -0.39 is 0 Å². The third kappa shape index (κ3) is 5.16. The highest BCUT2D eigenvalue weighted by molar-refractivity contribution is 9.10. The Hall–Kier alpha value is -1.03. The normalized spacial score (nSPS) is 10.2. The Labute approximate surface area is 104 Å². The molecule has 0 spiro atoms. The lowest BCUT2D eigenvalue weighted by Gasteiger charge is -2.09. The Kier molecular flexibility index (Phi) is 5.32. The Morgan fingerprint density at radius 1 is 1.50 bits per heavy atom. The minimum Gasteiger partial charge on any atom is -0.484 e. The second kappa shape index (κ2) is 6.53. The maximum atomic E-state index is 11.4. The monoisotopic (exact) mass is 285 g/mol. The van der Waals surface area contributed by atoms with Crippen molar-refractivity contribution in [3.05, 3.63) is 28.7 Å². The number of carbonyl (C=O) groups excluding carboxylic acids is 1. The van der Waals surface area contributed by atoms with E-state index in [0.29, 0.717) is 18.2 Å². The number of halogens is 1. The zero-order valence-corrected chi connectivity index (χ0v) is 11.1. The van der Waals surface area contributed by atoms with Crippen molar-refractivity contribution < 1.29 is 9.53 Å². The number of hydrogen-bond acceptors (Lipinski definition) is 2. The summed E-state index contributed by atoms with van der Waals surface area (Å²) in [6.45, 7) is 4.84. The summed E-state index contributed by atoms with van der Waals surface area (Å²) >= 11 is 3.34. The SMILES string of the molecule is CC(C)CNC(=O)COc1cccc(Br)c1. The topological polar surface area (TPSA) is 38.3 Å². The van der Waals surface area contributed by atoms with E-state index in [9.17, 15) is 4.79 Å². The maximum absolute atomic E-state index is 11.4. The molecule has 1 aromatic carbocycles. The molecule has 0 heterocycles. The van der Waals surface area contributed by atoms with E-state index in [0.717, 1.165) is 4.47 Å². The highest BCUT2D eigenvalue weighted by Crippen LogP contribution is 2.17. The lowest BCUT2D eigenvalue weighted by atomic mass is 10.2. The first-order chi connectivity index (χ1) is 7.58. The average molecular weight is 286 g/mol. The van der Waals surface area contributed by atoms with E-state index >= 15 is 0 Å².